The minimum absolute atomic E-state index is 0.179. The number of carbonyl (C=O) groups is 1. The number of ether oxygens (including phenoxy) is 1. The molecule has 0 amide bonds. The van der Waals surface area contributed by atoms with Gasteiger partial charge in [0.05, 0.1) is 17.4 Å². The van der Waals surface area contributed by atoms with Gasteiger partial charge < -0.3 is 9.30 Å². The minimum Gasteiger partial charge on any atom is -0.465 e. The molecule has 0 radical (unpaired) electrons. The molecule has 4 heteroatoms. The van der Waals surface area contributed by atoms with Crippen molar-refractivity contribution in [3.05, 3.63) is 54.6 Å². The molecule has 0 aliphatic heterocycles. The highest BCUT2D eigenvalue weighted by Crippen LogP contribution is 2.39. The number of para-hydroxylation sites is 1. The fourth-order valence-corrected chi connectivity index (χ4v) is 3.75. The SMILES string of the molecule is CCOC(=O)CSc1c(-c2ccccc2)c2ccccc2n1C. The molecule has 0 spiro atoms. The number of hydrogen-bond donors (Lipinski definition) is 0. The van der Waals surface area contributed by atoms with Crippen LogP contribution in [0.4, 0.5) is 0 Å². The third-order valence-corrected chi connectivity index (χ3v) is 4.88. The van der Waals surface area contributed by atoms with Crippen molar-refractivity contribution in [3.63, 3.8) is 0 Å². The van der Waals surface area contributed by atoms with Crippen LogP contribution in [0, 0.1) is 0 Å². The lowest BCUT2D eigenvalue weighted by molar-refractivity contribution is -0.139. The summed E-state index contributed by atoms with van der Waals surface area (Å²) in [6.45, 7) is 2.24. The molecular weight excluding hydrogens is 306 g/mol. The van der Waals surface area contributed by atoms with Gasteiger partial charge in [-0.3, -0.25) is 4.79 Å². The van der Waals surface area contributed by atoms with Crippen molar-refractivity contribution in [3.8, 4) is 11.1 Å². The number of aryl methyl sites for hydroxylation is 1. The molecule has 1 heterocycles. The summed E-state index contributed by atoms with van der Waals surface area (Å²) in [6.07, 6.45) is 0. The first-order chi connectivity index (χ1) is 11.2. The van der Waals surface area contributed by atoms with Crippen LogP contribution in [-0.2, 0) is 16.6 Å². The average molecular weight is 325 g/mol. The van der Waals surface area contributed by atoms with E-state index in [0.717, 1.165) is 16.1 Å². The van der Waals surface area contributed by atoms with Gasteiger partial charge in [0.15, 0.2) is 0 Å². The van der Waals surface area contributed by atoms with Gasteiger partial charge in [0, 0.05) is 23.5 Å². The zero-order chi connectivity index (χ0) is 16.2. The second-order valence-corrected chi connectivity index (χ2v) is 6.18. The molecule has 1 aromatic heterocycles. The maximum absolute atomic E-state index is 11.7. The van der Waals surface area contributed by atoms with Crippen LogP contribution in [0.15, 0.2) is 59.6 Å². The summed E-state index contributed by atoms with van der Waals surface area (Å²) in [4.78, 5) is 11.7. The molecule has 0 saturated heterocycles. The highest BCUT2D eigenvalue weighted by molar-refractivity contribution is 8.00. The lowest BCUT2D eigenvalue weighted by Crippen LogP contribution is -2.07. The molecule has 0 aliphatic rings. The monoisotopic (exact) mass is 325 g/mol. The van der Waals surface area contributed by atoms with Gasteiger partial charge in [-0.15, -0.1) is 0 Å². The zero-order valence-corrected chi connectivity index (χ0v) is 14.1. The molecule has 0 saturated carbocycles. The second kappa shape index (κ2) is 6.92. The van der Waals surface area contributed by atoms with Crippen molar-refractivity contribution >= 4 is 28.6 Å². The first-order valence-electron chi connectivity index (χ1n) is 7.63. The van der Waals surface area contributed by atoms with Crippen LogP contribution in [0.3, 0.4) is 0 Å². The van der Waals surface area contributed by atoms with Gasteiger partial charge in [-0.1, -0.05) is 60.3 Å². The first-order valence-corrected chi connectivity index (χ1v) is 8.62. The van der Waals surface area contributed by atoms with E-state index in [2.05, 4.69) is 34.9 Å². The Kier molecular flexibility index (Phi) is 4.72. The molecule has 0 atom stereocenters. The zero-order valence-electron chi connectivity index (χ0n) is 13.3. The summed E-state index contributed by atoms with van der Waals surface area (Å²) in [7, 11) is 2.04. The number of hydrogen-bond acceptors (Lipinski definition) is 3. The summed E-state index contributed by atoms with van der Waals surface area (Å²) in [6, 6.07) is 18.6. The Morgan fingerprint density at radius 2 is 1.78 bits per heavy atom. The third kappa shape index (κ3) is 3.13. The first kappa shape index (κ1) is 15.7. The molecule has 0 fully saturated rings. The molecular formula is C19H19NO2S. The number of esters is 1. The predicted octanol–water partition coefficient (Wildman–Crippen LogP) is 4.50. The Morgan fingerprint density at radius 1 is 1.09 bits per heavy atom. The Labute approximate surface area is 140 Å². The smallest absolute Gasteiger partial charge is 0.316 e. The molecule has 0 unspecified atom stereocenters. The van der Waals surface area contributed by atoms with E-state index < -0.39 is 0 Å². The van der Waals surface area contributed by atoms with Crippen LogP contribution >= 0.6 is 11.8 Å². The van der Waals surface area contributed by atoms with Crippen molar-refractivity contribution in [2.75, 3.05) is 12.4 Å². The fraction of sp³-hybridized carbons (Fsp3) is 0.211. The molecule has 118 valence electrons. The summed E-state index contributed by atoms with van der Waals surface area (Å²) >= 11 is 1.53. The topological polar surface area (TPSA) is 31.2 Å². The summed E-state index contributed by atoms with van der Waals surface area (Å²) in [5, 5.41) is 2.29. The highest BCUT2D eigenvalue weighted by Gasteiger charge is 2.18. The Bertz CT molecular complexity index is 824. The normalized spacial score (nSPS) is 10.9. The van der Waals surface area contributed by atoms with E-state index in [0.29, 0.717) is 12.4 Å². The molecule has 3 rings (SSSR count). The van der Waals surface area contributed by atoms with E-state index >= 15 is 0 Å². The molecule has 3 nitrogen and oxygen atoms in total. The lowest BCUT2D eigenvalue weighted by atomic mass is 10.1. The van der Waals surface area contributed by atoms with Gasteiger partial charge in [0.25, 0.3) is 0 Å². The van der Waals surface area contributed by atoms with E-state index in [-0.39, 0.29) is 5.97 Å². The minimum atomic E-state index is -0.179. The summed E-state index contributed by atoms with van der Waals surface area (Å²) < 4.78 is 7.21. The largest absolute Gasteiger partial charge is 0.465 e. The summed E-state index contributed by atoms with van der Waals surface area (Å²) in [5.74, 6) is 0.138. The van der Waals surface area contributed by atoms with Gasteiger partial charge >= 0.3 is 5.97 Å². The molecule has 0 N–H and O–H groups in total. The summed E-state index contributed by atoms with van der Waals surface area (Å²) in [5.41, 5.74) is 3.51. The van der Waals surface area contributed by atoms with Crippen molar-refractivity contribution in [1.82, 2.24) is 4.57 Å². The quantitative estimate of drug-likeness (QED) is 0.511. The molecule has 0 bridgehead atoms. The predicted molar refractivity (Wildman–Crippen MR) is 95.7 cm³/mol. The number of rotatable bonds is 5. The van der Waals surface area contributed by atoms with E-state index in [4.69, 9.17) is 4.74 Å². The number of carbonyl (C=O) groups excluding carboxylic acids is 1. The Balaban J connectivity index is 2.08. The number of aromatic nitrogens is 1. The number of benzene rings is 2. The van der Waals surface area contributed by atoms with Crippen LogP contribution in [0.2, 0.25) is 0 Å². The van der Waals surface area contributed by atoms with Crippen LogP contribution in [-0.4, -0.2) is 22.9 Å². The van der Waals surface area contributed by atoms with E-state index in [9.17, 15) is 4.79 Å². The average Bonchev–Trinajstić information content (AvgIpc) is 2.87. The van der Waals surface area contributed by atoms with Crippen LogP contribution < -0.4 is 0 Å². The van der Waals surface area contributed by atoms with E-state index in [1.807, 2.05) is 38.2 Å². The van der Waals surface area contributed by atoms with E-state index in [1.165, 1.54) is 22.7 Å². The van der Waals surface area contributed by atoms with Gasteiger partial charge in [0.1, 0.15) is 0 Å². The van der Waals surface area contributed by atoms with Gasteiger partial charge in [-0.2, -0.15) is 0 Å². The maximum Gasteiger partial charge on any atom is 0.316 e. The standard InChI is InChI=1S/C19H19NO2S/c1-3-22-17(21)13-23-19-18(14-9-5-4-6-10-14)15-11-7-8-12-16(15)20(19)2/h4-12H,3,13H2,1-2H3. The Morgan fingerprint density at radius 3 is 2.52 bits per heavy atom. The number of nitrogens with zero attached hydrogens (tertiary/aromatic N) is 1. The van der Waals surface area contributed by atoms with Crippen LogP contribution in [0.1, 0.15) is 6.92 Å². The van der Waals surface area contributed by atoms with Crippen molar-refractivity contribution in [2.45, 2.75) is 11.9 Å². The van der Waals surface area contributed by atoms with Gasteiger partial charge in [-0.25, -0.2) is 0 Å². The Hall–Kier alpha value is -2.20. The number of fused-ring (bicyclic) bond motifs is 1. The van der Waals surface area contributed by atoms with E-state index in [1.54, 1.807) is 0 Å². The molecule has 2 aromatic carbocycles. The molecule has 23 heavy (non-hydrogen) atoms. The van der Waals surface area contributed by atoms with Crippen LogP contribution in [0.25, 0.3) is 22.0 Å². The lowest BCUT2D eigenvalue weighted by Gasteiger charge is -2.08. The highest BCUT2D eigenvalue weighted by atomic mass is 32.2. The van der Waals surface area contributed by atoms with Gasteiger partial charge in [0.2, 0.25) is 0 Å². The number of thioether (sulfide) groups is 1. The van der Waals surface area contributed by atoms with Gasteiger partial charge in [-0.05, 0) is 18.6 Å². The van der Waals surface area contributed by atoms with Crippen molar-refractivity contribution in [2.24, 2.45) is 7.05 Å². The van der Waals surface area contributed by atoms with Crippen molar-refractivity contribution in [1.29, 1.82) is 0 Å². The third-order valence-electron chi connectivity index (χ3n) is 3.75. The van der Waals surface area contributed by atoms with Crippen LogP contribution in [0.5, 0.6) is 0 Å². The second-order valence-electron chi connectivity index (χ2n) is 5.22. The molecule has 3 aromatic rings. The fourth-order valence-electron chi connectivity index (χ4n) is 2.75. The van der Waals surface area contributed by atoms with Crippen molar-refractivity contribution < 1.29 is 9.53 Å². The molecule has 0 aliphatic carbocycles. The maximum atomic E-state index is 11.7.